The Bertz CT molecular complexity index is 479. The van der Waals surface area contributed by atoms with Crippen molar-refractivity contribution in [2.24, 2.45) is 5.73 Å². The van der Waals surface area contributed by atoms with E-state index >= 15 is 0 Å². The van der Waals surface area contributed by atoms with Crippen molar-refractivity contribution in [1.82, 2.24) is 19.7 Å². The fourth-order valence-corrected chi connectivity index (χ4v) is 1.54. The number of aromatic nitrogens is 4. The number of rotatable bonds is 3. The zero-order valence-corrected chi connectivity index (χ0v) is 9.64. The van der Waals surface area contributed by atoms with Crippen LogP contribution in [0, 0.1) is 6.92 Å². The first kappa shape index (κ1) is 10.8. The summed E-state index contributed by atoms with van der Waals surface area (Å²) < 4.78 is 6.83. The molecule has 0 aliphatic carbocycles. The number of nitrogens with two attached hydrogens (primary N) is 1. The zero-order valence-electron chi connectivity index (χ0n) is 9.64. The van der Waals surface area contributed by atoms with Crippen molar-refractivity contribution >= 4 is 0 Å². The van der Waals surface area contributed by atoms with Crippen LogP contribution >= 0.6 is 0 Å². The Morgan fingerprint density at radius 2 is 2.25 bits per heavy atom. The second-order valence-corrected chi connectivity index (χ2v) is 4.36. The number of imidazole rings is 1. The van der Waals surface area contributed by atoms with Gasteiger partial charge in [-0.05, 0) is 13.8 Å². The Balaban J connectivity index is 2.25. The molecule has 0 aliphatic rings. The van der Waals surface area contributed by atoms with Crippen LogP contribution in [0.25, 0.3) is 0 Å². The Kier molecular flexibility index (Phi) is 2.51. The third-order valence-electron chi connectivity index (χ3n) is 2.25. The van der Waals surface area contributed by atoms with E-state index in [1.807, 2.05) is 18.4 Å². The summed E-state index contributed by atoms with van der Waals surface area (Å²) in [6, 6.07) is 0. The lowest BCUT2D eigenvalue weighted by Crippen LogP contribution is -2.31. The predicted molar refractivity (Wildman–Crippen MR) is 57.6 cm³/mol. The number of hydrogen-bond donors (Lipinski definition) is 1. The molecule has 0 atom stereocenters. The Morgan fingerprint density at radius 3 is 2.81 bits per heavy atom. The SMILES string of the molecule is Cc1nc(Cn2cncc2C(C)(C)N)no1. The Hall–Kier alpha value is -1.69. The molecule has 2 aromatic heterocycles. The van der Waals surface area contributed by atoms with Crippen LogP contribution in [0.3, 0.4) is 0 Å². The van der Waals surface area contributed by atoms with E-state index in [-0.39, 0.29) is 0 Å². The van der Waals surface area contributed by atoms with Gasteiger partial charge in [-0.25, -0.2) is 4.98 Å². The second-order valence-electron chi connectivity index (χ2n) is 4.36. The molecule has 0 bridgehead atoms. The fraction of sp³-hybridized carbons (Fsp3) is 0.500. The summed E-state index contributed by atoms with van der Waals surface area (Å²) >= 11 is 0. The molecule has 0 fully saturated rings. The number of hydrogen-bond acceptors (Lipinski definition) is 5. The molecule has 16 heavy (non-hydrogen) atoms. The molecule has 6 nitrogen and oxygen atoms in total. The van der Waals surface area contributed by atoms with Crippen LogP contribution in [0.2, 0.25) is 0 Å². The van der Waals surface area contributed by atoms with Gasteiger partial charge in [0.05, 0.1) is 24.1 Å². The summed E-state index contributed by atoms with van der Waals surface area (Å²) in [5, 5.41) is 3.84. The van der Waals surface area contributed by atoms with Crippen molar-refractivity contribution in [2.45, 2.75) is 32.9 Å². The minimum Gasteiger partial charge on any atom is -0.340 e. The Labute approximate surface area is 93.5 Å². The molecule has 0 spiro atoms. The van der Waals surface area contributed by atoms with Crippen LogP contribution in [0.15, 0.2) is 17.0 Å². The summed E-state index contributed by atoms with van der Waals surface area (Å²) in [6.45, 7) is 6.15. The maximum absolute atomic E-state index is 6.04. The average molecular weight is 221 g/mol. The van der Waals surface area contributed by atoms with Gasteiger partial charge in [0.15, 0.2) is 5.82 Å². The highest BCUT2D eigenvalue weighted by Crippen LogP contribution is 2.16. The molecule has 2 aromatic rings. The molecule has 0 aliphatic heterocycles. The largest absolute Gasteiger partial charge is 0.340 e. The topological polar surface area (TPSA) is 82.8 Å². The van der Waals surface area contributed by atoms with Crippen molar-refractivity contribution in [3.05, 3.63) is 29.9 Å². The minimum absolute atomic E-state index is 0.435. The van der Waals surface area contributed by atoms with Gasteiger partial charge >= 0.3 is 0 Å². The monoisotopic (exact) mass is 221 g/mol. The van der Waals surface area contributed by atoms with Gasteiger partial charge in [0.2, 0.25) is 5.89 Å². The van der Waals surface area contributed by atoms with E-state index in [0.29, 0.717) is 18.3 Å². The van der Waals surface area contributed by atoms with Crippen LogP contribution in [-0.4, -0.2) is 19.7 Å². The van der Waals surface area contributed by atoms with Crippen molar-refractivity contribution in [3.63, 3.8) is 0 Å². The predicted octanol–water partition coefficient (Wildman–Crippen LogP) is 0.817. The minimum atomic E-state index is -0.435. The van der Waals surface area contributed by atoms with Crippen molar-refractivity contribution in [2.75, 3.05) is 0 Å². The lowest BCUT2D eigenvalue weighted by atomic mass is 10.0. The normalized spacial score (nSPS) is 12.0. The van der Waals surface area contributed by atoms with Gasteiger partial charge in [-0.15, -0.1) is 0 Å². The molecule has 0 radical (unpaired) electrons. The molecule has 0 amide bonds. The summed E-state index contributed by atoms with van der Waals surface area (Å²) in [5.41, 5.74) is 6.54. The molecule has 6 heteroatoms. The van der Waals surface area contributed by atoms with E-state index in [9.17, 15) is 0 Å². The van der Waals surface area contributed by atoms with Gasteiger partial charge in [-0.2, -0.15) is 4.98 Å². The highest BCUT2D eigenvalue weighted by atomic mass is 16.5. The molecular formula is C10H15N5O. The van der Waals surface area contributed by atoms with Crippen LogP contribution in [0.4, 0.5) is 0 Å². The van der Waals surface area contributed by atoms with Crippen LogP contribution in [0.1, 0.15) is 31.3 Å². The first-order chi connectivity index (χ1) is 7.47. The first-order valence-corrected chi connectivity index (χ1v) is 5.05. The molecular weight excluding hydrogens is 206 g/mol. The van der Waals surface area contributed by atoms with E-state index < -0.39 is 5.54 Å². The smallest absolute Gasteiger partial charge is 0.223 e. The van der Waals surface area contributed by atoms with Gasteiger partial charge in [-0.3, -0.25) is 0 Å². The third-order valence-corrected chi connectivity index (χ3v) is 2.25. The Morgan fingerprint density at radius 1 is 1.50 bits per heavy atom. The van der Waals surface area contributed by atoms with Gasteiger partial charge in [0.25, 0.3) is 0 Å². The van der Waals surface area contributed by atoms with Gasteiger partial charge in [0.1, 0.15) is 0 Å². The quantitative estimate of drug-likeness (QED) is 0.829. The van der Waals surface area contributed by atoms with Crippen LogP contribution < -0.4 is 5.73 Å². The van der Waals surface area contributed by atoms with E-state index in [2.05, 4.69) is 15.1 Å². The lowest BCUT2D eigenvalue weighted by Gasteiger charge is -2.19. The summed E-state index contributed by atoms with van der Waals surface area (Å²) in [5.74, 6) is 1.18. The molecule has 2 N–H and O–H groups in total. The van der Waals surface area contributed by atoms with E-state index in [1.54, 1.807) is 19.4 Å². The molecule has 2 rings (SSSR count). The highest BCUT2D eigenvalue weighted by Gasteiger charge is 2.19. The number of nitrogens with zero attached hydrogens (tertiary/aromatic N) is 4. The van der Waals surface area contributed by atoms with Gasteiger partial charge < -0.3 is 14.8 Å². The molecule has 0 unspecified atom stereocenters. The molecule has 0 aromatic carbocycles. The molecule has 0 saturated heterocycles. The number of aryl methyl sites for hydroxylation is 1. The van der Waals surface area contributed by atoms with Crippen molar-refractivity contribution in [1.29, 1.82) is 0 Å². The maximum atomic E-state index is 6.04. The van der Waals surface area contributed by atoms with Crippen molar-refractivity contribution < 1.29 is 4.52 Å². The lowest BCUT2D eigenvalue weighted by molar-refractivity contribution is 0.385. The second kappa shape index (κ2) is 3.71. The van der Waals surface area contributed by atoms with Crippen molar-refractivity contribution in [3.8, 4) is 0 Å². The van der Waals surface area contributed by atoms with E-state index in [1.165, 1.54) is 0 Å². The zero-order chi connectivity index (χ0) is 11.8. The molecule has 2 heterocycles. The van der Waals surface area contributed by atoms with E-state index in [4.69, 9.17) is 10.3 Å². The van der Waals surface area contributed by atoms with Crippen LogP contribution in [0.5, 0.6) is 0 Å². The van der Waals surface area contributed by atoms with Gasteiger partial charge in [-0.1, -0.05) is 5.16 Å². The fourth-order valence-electron chi connectivity index (χ4n) is 1.54. The molecule has 0 saturated carbocycles. The maximum Gasteiger partial charge on any atom is 0.223 e. The van der Waals surface area contributed by atoms with E-state index in [0.717, 1.165) is 5.69 Å². The summed E-state index contributed by atoms with van der Waals surface area (Å²) in [7, 11) is 0. The summed E-state index contributed by atoms with van der Waals surface area (Å²) in [6.07, 6.45) is 3.47. The molecule has 86 valence electrons. The summed E-state index contributed by atoms with van der Waals surface area (Å²) in [4.78, 5) is 8.23. The van der Waals surface area contributed by atoms with Gasteiger partial charge in [0, 0.05) is 13.1 Å². The van der Waals surface area contributed by atoms with Crippen LogP contribution in [-0.2, 0) is 12.1 Å². The first-order valence-electron chi connectivity index (χ1n) is 5.05. The average Bonchev–Trinajstić information content (AvgIpc) is 2.74. The third kappa shape index (κ3) is 2.11. The standard InChI is InChI=1S/C10H15N5O/c1-7-13-9(14-16-7)5-15-6-12-4-8(15)10(2,3)11/h4,6H,5,11H2,1-3H3. The highest BCUT2D eigenvalue weighted by molar-refractivity contribution is 5.11.